The third kappa shape index (κ3) is 4.34. The van der Waals surface area contributed by atoms with Crippen LogP contribution in [0.1, 0.15) is 85.5 Å². The second-order valence-electron chi connectivity index (χ2n) is 7.28. The van der Waals surface area contributed by atoms with Crippen molar-refractivity contribution >= 4 is 5.78 Å². The molecule has 0 aromatic carbocycles. The molecule has 0 radical (unpaired) electrons. The first-order valence-corrected chi connectivity index (χ1v) is 9.09. The van der Waals surface area contributed by atoms with Gasteiger partial charge in [-0.15, -0.1) is 0 Å². The Labute approximate surface area is 143 Å². The highest BCUT2D eigenvalue weighted by Crippen LogP contribution is 2.48. The third-order valence-electron chi connectivity index (χ3n) is 6.06. The Morgan fingerprint density at radius 3 is 1.83 bits per heavy atom. The van der Waals surface area contributed by atoms with Crippen LogP contribution in [0.25, 0.3) is 0 Å². The molecule has 2 nitrogen and oxygen atoms in total. The summed E-state index contributed by atoms with van der Waals surface area (Å²) in [5.41, 5.74) is -1.78. The Bertz CT molecular complexity index is 459. The van der Waals surface area contributed by atoms with Crippen molar-refractivity contribution in [1.29, 1.82) is 0 Å². The zero-order valence-electron chi connectivity index (χ0n) is 15.4. The van der Waals surface area contributed by atoms with Crippen molar-refractivity contribution in [3.05, 3.63) is 11.3 Å². The van der Waals surface area contributed by atoms with E-state index in [9.17, 15) is 23.1 Å². The van der Waals surface area contributed by atoms with Crippen molar-refractivity contribution in [2.75, 3.05) is 0 Å². The van der Waals surface area contributed by atoms with Gasteiger partial charge in [-0.2, -0.15) is 13.2 Å². The molecule has 0 aliphatic heterocycles. The van der Waals surface area contributed by atoms with Crippen molar-refractivity contribution in [1.82, 2.24) is 0 Å². The number of aliphatic hydroxyl groups excluding tert-OH is 1. The highest BCUT2D eigenvalue weighted by molar-refractivity contribution is 6.00. The molecule has 0 saturated heterocycles. The zero-order valence-corrected chi connectivity index (χ0v) is 15.4. The molecule has 0 amide bonds. The first-order valence-electron chi connectivity index (χ1n) is 9.09. The zero-order chi connectivity index (χ0) is 18.6. The Hall–Kier alpha value is -1.00. The van der Waals surface area contributed by atoms with Crippen LogP contribution in [-0.2, 0) is 4.79 Å². The van der Waals surface area contributed by atoms with E-state index in [0.29, 0.717) is 32.1 Å². The lowest BCUT2D eigenvalue weighted by Gasteiger charge is -2.38. The van der Waals surface area contributed by atoms with Crippen LogP contribution in [0.15, 0.2) is 11.3 Å². The molecule has 1 rings (SSSR count). The Kier molecular flexibility index (Phi) is 6.94. The van der Waals surface area contributed by atoms with Crippen LogP contribution in [0.5, 0.6) is 0 Å². The summed E-state index contributed by atoms with van der Waals surface area (Å²) in [5, 5.41) is 10.7. The molecule has 1 fully saturated rings. The predicted molar refractivity (Wildman–Crippen MR) is 89.8 cm³/mol. The summed E-state index contributed by atoms with van der Waals surface area (Å²) in [6.07, 6.45) is -0.840. The van der Waals surface area contributed by atoms with Gasteiger partial charge in [0.15, 0.2) is 5.78 Å². The fraction of sp³-hybridized carbons (Fsp3) is 0.842. The van der Waals surface area contributed by atoms with E-state index in [1.165, 1.54) is 6.92 Å². The van der Waals surface area contributed by atoms with Gasteiger partial charge in [0, 0.05) is 16.4 Å². The average molecular weight is 348 g/mol. The molecule has 1 aliphatic carbocycles. The summed E-state index contributed by atoms with van der Waals surface area (Å²) >= 11 is 0. The van der Waals surface area contributed by atoms with Crippen LogP contribution in [0.2, 0.25) is 0 Å². The largest absolute Gasteiger partial charge is 0.511 e. The minimum Gasteiger partial charge on any atom is -0.511 e. The first kappa shape index (κ1) is 21.0. The van der Waals surface area contributed by atoms with Crippen LogP contribution in [-0.4, -0.2) is 17.1 Å². The minimum atomic E-state index is -4.37. The van der Waals surface area contributed by atoms with Crippen LogP contribution in [0, 0.1) is 10.8 Å². The number of carbonyl (C=O) groups is 1. The van der Waals surface area contributed by atoms with Crippen LogP contribution >= 0.6 is 0 Å². The molecule has 1 saturated carbocycles. The van der Waals surface area contributed by atoms with E-state index in [2.05, 4.69) is 0 Å². The van der Waals surface area contributed by atoms with Crippen molar-refractivity contribution < 1.29 is 23.1 Å². The Balaban J connectivity index is 3.29. The molecule has 0 aromatic heterocycles. The molecule has 0 unspecified atom stereocenters. The van der Waals surface area contributed by atoms with Crippen LogP contribution < -0.4 is 0 Å². The smallest absolute Gasteiger partial charge is 0.390 e. The average Bonchev–Trinajstić information content (AvgIpc) is 2.54. The molecule has 1 N–H and O–H groups in total. The maximum absolute atomic E-state index is 13.1. The van der Waals surface area contributed by atoms with E-state index in [1.54, 1.807) is 0 Å². The quantitative estimate of drug-likeness (QED) is 0.421. The van der Waals surface area contributed by atoms with Gasteiger partial charge in [0.2, 0.25) is 0 Å². The van der Waals surface area contributed by atoms with Gasteiger partial charge in [0.05, 0.1) is 6.42 Å². The molecular weight excluding hydrogens is 317 g/mol. The summed E-state index contributed by atoms with van der Waals surface area (Å²) < 4.78 is 39.3. The lowest BCUT2D eigenvalue weighted by Crippen LogP contribution is -2.39. The lowest BCUT2D eigenvalue weighted by molar-refractivity contribution is -0.169. The number of alkyl halides is 3. The van der Waals surface area contributed by atoms with Gasteiger partial charge in [-0.25, -0.2) is 0 Å². The molecule has 0 bridgehead atoms. The van der Waals surface area contributed by atoms with Gasteiger partial charge in [-0.3, -0.25) is 4.79 Å². The molecule has 24 heavy (non-hydrogen) atoms. The molecule has 0 heterocycles. The molecule has 1 aliphatic rings. The number of allylic oxidation sites excluding steroid dienone is 2. The second kappa shape index (κ2) is 7.92. The molecule has 0 spiro atoms. The monoisotopic (exact) mass is 348 g/mol. The van der Waals surface area contributed by atoms with Crippen molar-refractivity contribution in [3.8, 4) is 0 Å². The number of ketones is 1. The normalized spacial score (nSPS) is 19.8. The Morgan fingerprint density at radius 2 is 1.46 bits per heavy atom. The number of rotatable bonds is 7. The van der Waals surface area contributed by atoms with E-state index >= 15 is 0 Å². The summed E-state index contributed by atoms with van der Waals surface area (Å²) in [5.74, 6) is -0.510. The predicted octanol–water partition coefficient (Wildman–Crippen LogP) is 6.51. The van der Waals surface area contributed by atoms with Gasteiger partial charge >= 0.3 is 6.18 Å². The van der Waals surface area contributed by atoms with Crippen molar-refractivity contribution in [2.24, 2.45) is 10.8 Å². The van der Waals surface area contributed by atoms with E-state index in [1.807, 2.05) is 20.8 Å². The fourth-order valence-corrected chi connectivity index (χ4v) is 4.25. The number of hydrogen-bond donors (Lipinski definition) is 1. The van der Waals surface area contributed by atoms with Crippen LogP contribution in [0.3, 0.4) is 0 Å². The van der Waals surface area contributed by atoms with Gasteiger partial charge in [0.1, 0.15) is 5.76 Å². The van der Waals surface area contributed by atoms with Crippen molar-refractivity contribution in [3.63, 3.8) is 0 Å². The number of aliphatic hydroxyl groups is 1. The number of hydrogen-bond acceptors (Lipinski definition) is 2. The SMILES string of the molecule is CCC(CC)(CC)/C(O)=C(\C)C(=O)C1(CC(F)(F)F)CCCCC1. The van der Waals surface area contributed by atoms with Gasteiger partial charge < -0.3 is 5.11 Å². The molecule has 0 aromatic rings. The maximum atomic E-state index is 13.1. The van der Waals surface area contributed by atoms with Crippen molar-refractivity contribution in [2.45, 2.75) is 91.7 Å². The molecule has 0 atom stereocenters. The van der Waals surface area contributed by atoms with E-state index in [-0.39, 0.29) is 24.2 Å². The summed E-state index contributed by atoms with van der Waals surface area (Å²) in [4.78, 5) is 13.0. The molecule has 5 heteroatoms. The Morgan fingerprint density at radius 1 is 1.00 bits per heavy atom. The number of halogens is 3. The number of Topliss-reactive ketones (excluding diaryl/α,β-unsaturated/α-hetero) is 1. The van der Waals surface area contributed by atoms with Gasteiger partial charge in [-0.05, 0) is 39.0 Å². The summed E-state index contributed by atoms with van der Waals surface area (Å²) in [6.45, 7) is 7.31. The van der Waals surface area contributed by atoms with Gasteiger partial charge in [0.25, 0.3) is 0 Å². The molecule has 140 valence electrons. The van der Waals surface area contributed by atoms with Gasteiger partial charge in [-0.1, -0.05) is 40.0 Å². The lowest BCUT2D eigenvalue weighted by atomic mass is 9.66. The fourth-order valence-electron chi connectivity index (χ4n) is 4.25. The topological polar surface area (TPSA) is 37.3 Å². The minimum absolute atomic E-state index is 0.00729. The standard InChI is InChI=1S/C19H31F3O2/c1-5-17(6-2,7-3)15(23)14(4)16(24)18(13-19(20,21)22)11-9-8-10-12-18/h23H,5-13H2,1-4H3/b15-14-. The highest BCUT2D eigenvalue weighted by atomic mass is 19.4. The van der Waals surface area contributed by atoms with E-state index < -0.39 is 29.2 Å². The van der Waals surface area contributed by atoms with E-state index in [4.69, 9.17) is 0 Å². The van der Waals surface area contributed by atoms with E-state index in [0.717, 1.165) is 6.42 Å². The first-order chi connectivity index (χ1) is 11.1. The number of carbonyl (C=O) groups excluding carboxylic acids is 1. The highest BCUT2D eigenvalue weighted by Gasteiger charge is 2.49. The molecular formula is C19H31F3O2. The summed E-state index contributed by atoms with van der Waals surface area (Å²) in [6, 6.07) is 0. The third-order valence-corrected chi connectivity index (χ3v) is 6.06. The van der Waals surface area contributed by atoms with Crippen LogP contribution in [0.4, 0.5) is 13.2 Å². The maximum Gasteiger partial charge on any atom is 0.390 e. The summed E-state index contributed by atoms with van der Waals surface area (Å²) in [7, 11) is 0. The second-order valence-corrected chi connectivity index (χ2v) is 7.28.